The van der Waals surface area contributed by atoms with E-state index in [0.29, 0.717) is 19.4 Å². The zero-order valence-corrected chi connectivity index (χ0v) is 17.9. The van der Waals surface area contributed by atoms with Crippen molar-refractivity contribution >= 4 is 10.0 Å². The summed E-state index contributed by atoms with van der Waals surface area (Å²) >= 11 is 0. The molecule has 0 amide bonds. The Kier molecular flexibility index (Phi) is 7.53. The summed E-state index contributed by atoms with van der Waals surface area (Å²) in [5.74, 6) is -5.56. The van der Waals surface area contributed by atoms with Crippen LogP contribution in [0.25, 0.3) is 0 Å². The number of likely N-dealkylation sites (tertiary alicyclic amines) is 1. The van der Waals surface area contributed by atoms with Crippen LogP contribution >= 0.6 is 0 Å². The first kappa shape index (κ1) is 24.6. The molecule has 0 aliphatic carbocycles. The molecular formula is C21H24F5N3O2S. The minimum absolute atomic E-state index is 0.108. The summed E-state index contributed by atoms with van der Waals surface area (Å²) in [5.41, 5.74) is 5.42. The molecule has 0 spiro atoms. The molecule has 2 aromatic carbocycles. The number of nitrogens with zero attached hydrogens (tertiary/aromatic N) is 1. The summed E-state index contributed by atoms with van der Waals surface area (Å²) in [6.45, 7) is -0.531. The number of sulfonamides is 1. The average Bonchev–Trinajstić information content (AvgIpc) is 3.16. The lowest BCUT2D eigenvalue weighted by Gasteiger charge is -2.32. The van der Waals surface area contributed by atoms with Gasteiger partial charge < -0.3 is 5.73 Å². The first-order chi connectivity index (χ1) is 15.0. The van der Waals surface area contributed by atoms with E-state index < -0.39 is 58.4 Å². The van der Waals surface area contributed by atoms with Crippen LogP contribution in [0.5, 0.6) is 0 Å². The monoisotopic (exact) mass is 477 g/mol. The van der Waals surface area contributed by atoms with E-state index >= 15 is 0 Å². The Bertz CT molecular complexity index is 1030. The van der Waals surface area contributed by atoms with Crippen molar-refractivity contribution in [1.82, 2.24) is 9.62 Å². The molecule has 0 radical (unpaired) electrons. The fourth-order valence-electron chi connectivity index (χ4n) is 3.71. The third kappa shape index (κ3) is 6.03. The summed E-state index contributed by atoms with van der Waals surface area (Å²) in [6.07, 6.45) is 0.537. The van der Waals surface area contributed by atoms with Gasteiger partial charge in [0.25, 0.3) is 5.92 Å². The van der Waals surface area contributed by atoms with E-state index in [2.05, 4.69) is 4.72 Å². The maximum absolute atomic E-state index is 14.8. The SMILES string of the molecule is NC(Cc1cc(F)ccc1F)C(F)(F)CN1CCCC1CNS(=O)(=O)c1ccc(F)cc1. The summed E-state index contributed by atoms with van der Waals surface area (Å²) in [5, 5.41) is 0. The van der Waals surface area contributed by atoms with Crippen LogP contribution in [0.4, 0.5) is 22.0 Å². The maximum atomic E-state index is 14.8. The van der Waals surface area contributed by atoms with E-state index in [1.54, 1.807) is 0 Å². The largest absolute Gasteiger partial charge is 0.322 e. The van der Waals surface area contributed by atoms with E-state index in [-0.39, 0.29) is 17.0 Å². The van der Waals surface area contributed by atoms with Crippen LogP contribution in [-0.2, 0) is 16.4 Å². The number of nitrogens with one attached hydrogen (secondary N) is 1. The van der Waals surface area contributed by atoms with Crippen molar-refractivity contribution in [2.75, 3.05) is 19.6 Å². The van der Waals surface area contributed by atoms with Gasteiger partial charge in [-0.25, -0.2) is 35.1 Å². The first-order valence-corrected chi connectivity index (χ1v) is 11.5. The van der Waals surface area contributed by atoms with Crippen molar-refractivity contribution in [3.05, 3.63) is 65.5 Å². The molecule has 3 N–H and O–H groups in total. The molecular weight excluding hydrogens is 453 g/mol. The Hall–Kier alpha value is -2.08. The number of hydrogen-bond acceptors (Lipinski definition) is 4. The Morgan fingerprint density at radius 2 is 1.75 bits per heavy atom. The standard InChI is InChI=1S/C21H24F5N3O2S/c22-15-3-6-18(7-4-15)32(30,31)28-12-17-2-1-9-29(17)13-21(25,26)20(27)11-14-10-16(23)5-8-19(14)24/h3-8,10,17,20,28H,1-2,9,11-13,27H2. The van der Waals surface area contributed by atoms with Gasteiger partial charge in [0.2, 0.25) is 10.0 Å². The third-order valence-electron chi connectivity index (χ3n) is 5.54. The average molecular weight is 477 g/mol. The second-order valence-corrected chi connectivity index (χ2v) is 9.65. The normalized spacial score (nSPS) is 18.8. The van der Waals surface area contributed by atoms with E-state index in [4.69, 9.17) is 5.73 Å². The van der Waals surface area contributed by atoms with Crippen molar-refractivity contribution in [1.29, 1.82) is 0 Å². The number of halogens is 5. The molecule has 2 unspecified atom stereocenters. The number of alkyl halides is 2. The minimum Gasteiger partial charge on any atom is -0.322 e. The van der Waals surface area contributed by atoms with Gasteiger partial charge in [-0.3, -0.25) is 4.90 Å². The van der Waals surface area contributed by atoms with Crippen LogP contribution in [-0.4, -0.2) is 51.0 Å². The van der Waals surface area contributed by atoms with E-state index in [9.17, 15) is 30.4 Å². The highest BCUT2D eigenvalue weighted by Gasteiger charge is 2.42. The Labute approximate surface area is 183 Å². The number of benzene rings is 2. The van der Waals surface area contributed by atoms with Gasteiger partial charge >= 0.3 is 0 Å². The zero-order valence-electron chi connectivity index (χ0n) is 17.1. The summed E-state index contributed by atoms with van der Waals surface area (Å²) in [6, 6.07) is 4.60. The number of rotatable bonds is 9. The third-order valence-corrected chi connectivity index (χ3v) is 6.98. The molecule has 0 saturated carbocycles. The van der Waals surface area contributed by atoms with Crippen molar-refractivity contribution < 1.29 is 30.4 Å². The Morgan fingerprint density at radius 3 is 2.44 bits per heavy atom. The highest BCUT2D eigenvalue weighted by Crippen LogP contribution is 2.27. The van der Waals surface area contributed by atoms with Crippen LogP contribution in [0, 0.1) is 17.5 Å². The maximum Gasteiger partial charge on any atom is 0.275 e. The molecule has 176 valence electrons. The molecule has 1 fully saturated rings. The molecule has 1 aliphatic rings. The van der Waals surface area contributed by atoms with E-state index in [1.807, 2.05) is 0 Å². The van der Waals surface area contributed by atoms with Gasteiger partial charge in [0, 0.05) is 12.6 Å². The summed E-state index contributed by atoms with van der Waals surface area (Å²) < 4.78 is 96.8. The molecule has 1 aliphatic heterocycles. The molecule has 2 aromatic rings. The fourth-order valence-corrected chi connectivity index (χ4v) is 4.78. The van der Waals surface area contributed by atoms with Crippen LogP contribution < -0.4 is 10.5 Å². The van der Waals surface area contributed by atoms with Crippen molar-refractivity contribution in [2.45, 2.75) is 42.2 Å². The molecule has 0 aromatic heterocycles. The molecule has 1 heterocycles. The van der Waals surface area contributed by atoms with Crippen molar-refractivity contribution in [3.63, 3.8) is 0 Å². The van der Waals surface area contributed by atoms with Crippen molar-refractivity contribution in [2.24, 2.45) is 5.73 Å². The van der Waals surface area contributed by atoms with Gasteiger partial charge in [-0.15, -0.1) is 0 Å². The highest BCUT2D eigenvalue weighted by atomic mass is 32.2. The Balaban J connectivity index is 1.61. The zero-order chi connectivity index (χ0) is 23.5. The molecule has 11 heteroatoms. The summed E-state index contributed by atoms with van der Waals surface area (Å²) in [7, 11) is -3.93. The minimum atomic E-state index is -3.93. The lowest BCUT2D eigenvalue weighted by Crippen LogP contribution is -2.52. The van der Waals surface area contributed by atoms with Crippen LogP contribution in [0.3, 0.4) is 0 Å². The Morgan fingerprint density at radius 1 is 1.09 bits per heavy atom. The molecule has 3 rings (SSSR count). The van der Waals surface area contributed by atoms with Crippen molar-refractivity contribution in [3.8, 4) is 0 Å². The second kappa shape index (κ2) is 9.82. The topological polar surface area (TPSA) is 75.4 Å². The highest BCUT2D eigenvalue weighted by molar-refractivity contribution is 7.89. The molecule has 1 saturated heterocycles. The van der Waals surface area contributed by atoms with Crippen LogP contribution in [0.1, 0.15) is 18.4 Å². The molecule has 32 heavy (non-hydrogen) atoms. The fraction of sp³-hybridized carbons (Fsp3) is 0.429. The lowest BCUT2D eigenvalue weighted by atomic mass is 10.00. The van der Waals surface area contributed by atoms with E-state index in [1.165, 1.54) is 4.90 Å². The second-order valence-electron chi connectivity index (χ2n) is 7.88. The first-order valence-electron chi connectivity index (χ1n) is 10.0. The quantitative estimate of drug-likeness (QED) is 0.545. The number of hydrogen-bond donors (Lipinski definition) is 2. The van der Waals surface area contributed by atoms with Crippen LogP contribution in [0.2, 0.25) is 0 Å². The number of nitrogens with two attached hydrogens (primary N) is 1. The van der Waals surface area contributed by atoms with Gasteiger partial charge in [0.1, 0.15) is 17.5 Å². The molecule has 2 atom stereocenters. The lowest BCUT2D eigenvalue weighted by molar-refractivity contribution is -0.0558. The van der Waals surface area contributed by atoms with Gasteiger partial charge in [0.15, 0.2) is 0 Å². The van der Waals surface area contributed by atoms with Gasteiger partial charge in [-0.1, -0.05) is 0 Å². The van der Waals surface area contributed by atoms with Gasteiger partial charge in [-0.2, -0.15) is 0 Å². The molecule has 5 nitrogen and oxygen atoms in total. The molecule has 0 bridgehead atoms. The van der Waals surface area contributed by atoms with Gasteiger partial charge in [0.05, 0.1) is 17.5 Å². The van der Waals surface area contributed by atoms with Crippen LogP contribution in [0.15, 0.2) is 47.4 Å². The smallest absolute Gasteiger partial charge is 0.275 e. The predicted molar refractivity (Wildman–Crippen MR) is 109 cm³/mol. The van der Waals surface area contributed by atoms with E-state index in [0.717, 1.165) is 42.5 Å². The predicted octanol–water partition coefficient (Wildman–Crippen LogP) is 3.05. The van der Waals surface area contributed by atoms with Gasteiger partial charge in [-0.05, 0) is 73.8 Å². The summed E-state index contributed by atoms with van der Waals surface area (Å²) in [4.78, 5) is 1.31.